The Kier molecular flexibility index (Phi) is 4.03. The standard InChI is InChI=1S/C11H11ClN2O.ClH/c12-10-2-1-9(5-8(10)6-13)15-7-11(14)3-4-11;/h1-2,5H,3-4,7,14H2;1H. The predicted octanol–water partition coefficient (Wildman–Crippen LogP) is 2.50. The molecule has 0 aliphatic heterocycles. The average molecular weight is 259 g/mol. The van der Waals surface area contributed by atoms with E-state index in [0.717, 1.165) is 12.8 Å². The van der Waals surface area contributed by atoms with Crippen molar-refractivity contribution < 1.29 is 4.74 Å². The van der Waals surface area contributed by atoms with Crippen molar-refractivity contribution in [2.45, 2.75) is 18.4 Å². The van der Waals surface area contributed by atoms with Gasteiger partial charge in [0.1, 0.15) is 18.4 Å². The van der Waals surface area contributed by atoms with Crippen molar-refractivity contribution in [3.8, 4) is 11.8 Å². The zero-order valence-corrected chi connectivity index (χ0v) is 10.1. The van der Waals surface area contributed by atoms with Crippen LogP contribution in [0.2, 0.25) is 5.02 Å². The number of benzene rings is 1. The van der Waals surface area contributed by atoms with E-state index in [1.807, 2.05) is 6.07 Å². The molecule has 5 heteroatoms. The molecule has 0 heterocycles. The zero-order chi connectivity index (χ0) is 10.9. The van der Waals surface area contributed by atoms with Crippen LogP contribution in [0.3, 0.4) is 0 Å². The summed E-state index contributed by atoms with van der Waals surface area (Å²) >= 11 is 5.80. The van der Waals surface area contributed by atoms with Gasteiger partial charge in [0.05, 0.1) is 16.1 Å². The summed E-state index contributed by atoms with van der Waals surface area (Å²) in [5, 5.41) is 9.21. The van der Waals surface area contributed by atoms with Crippen molar-refractivity contribution in [1.82, 2.24) is 0 Å². The van der Waals surface area contributed by atoms with E-state index < -0.39 is 0 Å². The predicted molar refractivity (Wildman–Crippen MR) is 65.1 cm³/mol. The van der Waals surface area contributed by atoms with Gasteiger partial charge in [-0.2, -0.15) is 5.26 Å². The number of halogens is 2. The Balaban J connectivity index is 0.00000128. The third kappa shape index (κ3) is 3.02. The van der Waals surface area contributed by atoms with Crippen LogP contribution in [0.25, 0.3) is 0 Å². The second-order valence-electron chi connectivity index (χ2n) is 3.90. The second kappa shape index (κ2) is 4.92. The molecule has 1 aliphatic carbocycles. The molecule has 86 valence electrons. The van der Waals surface area contributed by atoms with Gasteiger partial charge in [-0.15, -0.1) is 12.4 Å². The summed E-state index contributed by atoms with van der Waals surface area (Å²) in [7, 11) is 0. The lowest BCUT2D eigenvalue weighted by Crippen LogP contribution is -2.29. The molecule has 1 saturated carbocycles. The van der Waals surface area contributed by atoms with Gasteiger partial charge in [-0.1, -0.05) is 11.6 Å². The number of ether oxygens (including phenoxy) is 1. The number of nitrogens with zero attached hydrogens (tertiary/aromatic N) is 1. The van der Waals surface area contributed by atoms with E-state index in [0.29, 0.717) is 22.9 Å². The number of hydrogen-bond donors (Lipinski definition) is 1. The van der Waals surface area contributed by atoms with Crippen molar-refractivity contribution in [2.24, 2.45) is 5.73 Å². The number of rotatable bonds is 3. The van der Waals surface area contributed by atoms with E-state index in [4.69, 9.17) is 27.3 Å². The van der Waals surface area contributed by atoms with Gasteiger partial charge >= 0.3 is 0 Å². The number of nitrogens with two attached hydrogens (primary N) is 1. The highest BCUT2D eigenvalue weighted by atomic mass is 35.5. The molecule has 0 spiro atoms. The molecule has 0 saturated heterocycles. The van der Waals surface area contributed by atoms with Crippen LogP contribution in [-0.2, 0) is 0 Å². The van der Waals surface area contributed by atoms with Crippen LogP contribution in [0.5, 0.6) is 5.75 Å². The van der Waals surface area contributed by atoms with E-state index in [1.165, 1.54) is 0 Å². The summed E-state index contributed by atoms with van der Waals surface area (Å²) in [6.45, 7) is 0.500. The average Bonchev–Trinajstić information content (AvgIpc) is 2.96. The molecule has 0 bridgehead atoms. The van der Waals surface area contributed by atoms with Gasteiger partial charge in [0.15, 0.2) is 0 Å². The Morgan fingerprint density at radius 1 is 1.50 bits per heavy atom. The van der Waals surface area contributed by atoms with Crippen molar-refractivity contribution in [2.75, 3.05) is 6.61 Å². The molecule has 0 unspecified atom stereocenters. The topological polar surface area (TPSA) is 59.0 Å². The summed E-state index contributed by atoms with van der Waals surface area (Å²) < 4.78 is 5.50. The highest BCUT2D eigenvalue weighted by Gasteiger charge is 2.39. The molecule has 1 aromatic carbocycles. The Morgan fingerprint density at radius 3 is 2.75 bits per heavy atom. The van der Waals surface area contributed by atoms with Gasteiger partial charge in [-0.05, 0) is 31.0 Å². The maximum absolute atomic E-state index is 8.77. The van der Waals surface area contributed by atoms with Gasteiger partial charge in [0, 0.05) is 0 Å². The lowest BCUT2D eigenvalue weighted by molar-refractivity contribution is 0.279. The Hall–Kier alpha value is -0.950. The zero-order valence-electron chi connectivity index (χ0n) is 8.57. The van der Waals surface area contributed by atoms with Crippen molar-refractivity contribution in [3.63, 3.8) is 0 Å². The molecule has 1 aromatic rings. The molecule has 0 amide bonds. The minimum Gasteiger partial charge on any atom is -0.492 e. The fourth-order valence-corrected chi connectivity index (χ4v) is 1.37. The lowest BCUT2D eigenvalue weighted by Gasteiger charge is -2.11. The first-order valence-corrected chi connectivity index (χ1v) is 5.12. The summed E-state index contributed by atoms with van der Waals surface area (Å²) in [5.41, 5.74) is 6.16. The molecule has 2 rings (SSSR count). The minimum absolute atomic E-state index is 0. The second-order valence-corrected chi connectivity index (χ2v) is 4.31. The Bertz CT molecular complexity index is 424. The quantitative estimate of drug-likeness (QED) is 0.907. The monoisotopic (exact) mass is 258 g/mol. The van der Waals surface area contributed by atoms with E-state index in [2.05, 4.69) is 0 Å². The maximum atomic E-state index is 8.77. The Labute approximate surface area is 106 Å². The van der Waals surface area contributed by atoms with Crippen LogP contribution in [0.1, 0.15) is 18.4 Å². The van der Waals surface area contributed by atoms with Crippen LogP contribution >= 0.6 is 24.0 Å². The van der Waals surface area contributed by atoms with Gasteiger partial charge in [0.25, 0.3) is 0 Å². The van der Waals surface area contributed by atoms with Gasteiger partial charge in [-0.3, -0.25) is 0 Å². The summed E-state index contributed by atoms with van der Waals surface area (Å²) in [6.07, 6.45) is 2.01. The van der Waals surface area contributed by atoms with Crippen LogP contribution in [0, 0.1) is 11.3 Å². The van der Waals surface area contributed by atoms with Gasteiger partial charge in [-0.25, -0.2) is 0 Å². The Morgan fingerprint density at radius 2 is 2.19 bits per heavy atom. The first-order chi connectivity index (χ1) is 7.13. The van der Waals surface area contributed by atoms with Crippen LogP contribution in [0.4, 0.5) is 0 Å². The molecule has 1 fully saturated rings. The molecule has 0 radical (unpaired) electrons. The highest BCUT2D eigenvalue weighted by Crippen LogP contribution is 2.33. The van der Waals surface area contributed by atoms with Crippen molar-refractivity contribution in [3.05, 3.63) is 28.8 Å². The normalized spacial score (nSPS) is 15.8. The van der Waals surface area contributed by atoms with Gasteiger partial charge < -0.3 is 10.5 Å². The van der Waals surface area contributed by atoms with Crippen LogP contribution in [-0.4, -0.2) is 12.1 Å². The molecule has 16 heavy (non-hydrogen) atoms. The van der Waals surface area contributed by atoms with Crippen LogP contribution in [0.15, 0.2) is 18.2 Å². The summed E-state index contributed by atoms with van der Waals surface area (Å²) in [5.74, 6) is 0.646. The largest absolute Gasteiger partial charge is 0.492 e. The van der Waals surface area contributed by atoms with E-state index in [1.54, 1.807) is 18.2 Å². The van der Waals surface area contributed by atoms with Gasteiger partial charge in [0.2, 0.25) is 0 Å². The van der Waals surface area contributed by atoms with E-state index >= 15 is 0 Å². The SMILES string of the molecule is Cl.N#Cc1cc(OCC2(N)CC2)ccc1Cl. The van der Waals surface area contributed by atoms with Crippen LogP contribution < -0.4 is 10.5 Å². The summed E-state index contributed by atoms with van der Waals surface area (Å²) in [4.78, 5) is 0. The highest BCUT2D eigenvalue weighted by molar-refractivity contribution is 6.31. The third-order valence-electron chi connectivity index (χ3n) is 2.48. The fraction of sp³-hybridized carbons (Fsp3) is 0.364. The summed E-state index contributed by atoms with van der Waals surface area (Å²) in [6, 6.07) is 7.04. The van der Waals surface area contributed by atoms with Crippen molar-refractivity contribution in [1.29, 1.82) is 5.26 Å². The number of hydrogen-bond acceptors (Lipinski definition) is 3. The fourth-order valence-electron chi connectivity index (χ4n) is 1.21. The lowest BCUT2D eigenvalue weighted by atomic mass is 10.2. The first kappa shape index (κ1) is 13.1. The van der Waals surface area contributed by atoms with E-state index in [-0.39, 0.29) is 17.9 Å². The molecular weight excluding hydrogens is 247 g/mol. The smallest absolute Gasteiger partial charge is 0.120 e. The molecule has 0 atom stereocenters. The molecular formula is C11H12Cl2N2O. The third-order valence-corrected chi connectivity index (χ3v) is 2.81. The van der Waals surface area contributed by atoms with Crippen molar-refractivity contribution >= 4 is 24.0 Å². The molecule has 3 nitrogen and oxygen atoms in total. The maximum Gasteiger partial charge on any atom is 0.120 e. The number of nitriles is 1. The molecule has 1 aliphatic rings. The minimum atomic E-state index is -0.146. The first-order valence-electron chi connectivity index (χ1n) is 4.74. The van der Waals surface area contributed by atoms with E-state index in [9.17, 15) is 0 Å². The molecule has 2 N–H and O–H groups in total. The molecule has 0 aromatic heterocycles.